The van der Waals surface area contributed by atoms with Crippen molar-refractivity contribution in [2.75, 3.05) is 13.7 Å². The number of nitrogens with zero attached hydrogens (tertiary/aromatic N) is 3. The molecule has 2 heterocycles. The van der Waals surface area contributed by atoms with E-state index in [2.05, 4.69) is 84.3 Å². The number of hydrogen-bond donors (Lipinski definition) is 0. The Balaban J connectivity index is 1.93. The minimum absolute atomic E-state index is 0.726. The molecule has 0 saturated carbocycles. The normalized spacial score (nSPS) is 19.5. The first-order valence-corrected chi connectivity index (χ1v) is 8.22. The molecule has 1 atom stereocenters. The number of benzene rings is 2. The fourth-order valence-electron chi connectivity index (χ4n) is 3.46. The van der Waals surface area contributed by atoms with Gasteiger partial charge in [-0.3, -0.25) is 0 Å². The Morgan fingerprint density at radius 2 is 1.75 bits per heavy atom. The van der Waals surface area contributed by atoms with Gasteiger partial charge in [-0.15, -0.1) is 0 Å². The second-order valence-corrected chi connectivity index (χ2v) is 6.52. The average molecular weight is 315 g/mol. The van der Waals surface area contributed by atoms with Crippen molar-refractivity contribution >= 4 is 23.4 Å². The molecule has 0 fully saturated rings. The minimum atomic E-state index is 0.726. The highest BCUT2D eigenvalue weighted by Gasteiger charge is 2.38. The van der Waals surface area contributed by atoms with Crippen molar-refractivity contribution in [2.24, 2.45) is 0 Å². The summed E-state index contributed by atoms with van der Waals surface area (Å²) < 4.78 is 2.97. The van der Waals surface area contributed by atoms with E-state index in [4.69, 9.17) is 0 Å². The van der Waals surface area contributed by atoms with E-state index in [9.17, 15) is 0 Å². The molecule has 1 aromatic heterocycles. The summed E-state index contributed by atoms with van der Waals surface area (Å²) in [5.41, 5.74) is 5.11. The molecule has 0 amide bonds. The van der Waals surface area contributed by atoms with Crippen LogP contribution in [0.25, 0.3) is 0 Å². The second kappa shape index (κ2) is 5.69. The van der Waals surface area contributed by atoms with Crippen LogP contribution in [-0.4, -0.2) is 29.5 Å². The van der Waals surface area contributed by atoms with Gasteiger partial charge in [-0.2, -0.15) is 4.58 Å². The molecule has 0 saturated heterocycles. The Hall–Kier alpha value is -2.78. The van der Waals surface area contributed by atoms with Crippen LogP contribution in [0.5, 0.6) is 0 Å². The van der Waals surface area contributed by atoms with E-state index in [0.29, 0.717) is 0 Å². The number of aryl methyl sites for hydroxylation is 1. The lowest BCUT2D eigenvalue weighted by atomic mass is 10.0. The van der Waals surface area contributed by atoms with Crippen LogP contribution in [0.3, 0.4) is 0 Å². The summed E-state index contributed by atoms with van der Waals surface area (Å²) in [4.78, 5) is 4.54. The largest absolute Gasteiger partial charge is 0.327 e. The average Bonchev–Trinajstić information content (AvgIpc) is 2.63. The maximum Gasteiger partial charge on any atom is 0.327 e. The highest BCUT2D eigenvalue weighted by Crippen LogP contribution is 2.37. The van der Waals surface area contributed by atoms with Gasteiger partial charge in [0.25, 0.3) is 0 Å². The molecule has 0 aliphatic carbocycles. The first-order valence-electron chi connectivity index (χ1n) is 8.22. The van der Waals surface area contributed by atoms with Crippen molar-refractivity contribution in [1.29, 1.82) is 0 Å². The number of quaternary nitrogens is 1. The Kier molecular flexibility index (Phi) is 3.51. The smallest absolute Gasteiger partial charge is 0.225 e. The van der Waals surface area contributed by atoms with Crippen molar-refractivity contribution in [3.05, 3.63) is 84.1 Å². The maximum absolute atomic E-state index is 4.54. The Labute approximate surface area is 142 Å². The van der Waals surface area contributed by atoms with Gasteiger partial charge in [-0.05, 0) is 41.7 Å². The third kappa shape index (κ3) is 2.43. The summed E-state index contributed by atoms with van der Waals surface area (Å²) in [6.07, 6.45) is 4.06. The number of aromatic nitrogens is 1. The molecule has 1 unspecified atom stereocenters. The van der Waals surface area contributed by atoms with Crippen LogP contribution in [-0.2, 0) is 0 Å². The number of fused-ring (bicyclic) bond motifs is 1. The summed E-state index contributed by atoms with van der Waals surface area (Å²) in [6, 6.07) is 23.4. The fourth-order valence-corrected chi connectivity index (χ4v) is 3.46. The molecule has 4 rings (SSSR count). The zero-order valence-corrected chi connectivity index (χ0v) is 14.1. The monoisotopic (exact) mass is 315 g/mol. The quantitative estimate of drug-likeness (QED) is 0.506. The molecular weight excluding hydrogens is 294 g/mol. The van der Waals surface area contributed by atoms with Crippen molar-refractivity contribution < 1.29 is 4.58 Å². The van der Waals surface area contributed by atoms with Crippen LogP contribution in [0.15, 0.2) is 72.9 Å². The molecule has 0 bridgehead atoms. The van der Waals surface area contributed by atoms with Crippen molar-refractivity contribution in [3.8, 4) is 0 Å². The van der Waals surface area contributed by atoms with E-state index >= 15 is 0 Å². The molecule has 3 heteroatoms. The van der Waals surface area contributed by atoms with Crippen LogP contribution in [0.2, 0.25) is 0 Å². The third-order valence-electron chi connectivity index (χ3n) is 4.71. The van der Waals surface area contributed by atoms with Gasteiger partial charge in [-0.1, -0.05) is 30.3 Å². The van der Waals surface area contributed by atoms with Gasteiger partial charge >= 0.3 is 5.82 Å². The van der Waals surface area contributed by atoms with E-state index in [0.717, 1.165) is 17.0 Å². The Morgan fingerprint density at radius 1 is 0.958 bits per heavy atom. The standard InChI is InChI=1S/C21H21N3/c1-17-11-12-20-18(14-17)15-23(21-10-6-7-13-22-21)16-24(20,2)19-8-4-3-5-9-19/h3-15H,16H2,1-2H3/q+2. The lowest BCUT2D eigenvalue weighted by molar-refractivity contribution is -0.460. The Bertz CT molecular complexity index is 901. The molecular formula is C21H21N3+2. The zero-order valence-electron chi connectivity index (χ0n) is 14.1. The molecule has 0 spiro atoms. The number of pyridine rings is 1. The van der Waals surface area contributed by atoms with E-state index in [1.54, 1.807) is 0 Å². The Morgan fingerprint density at radius 3 is 2.50 bits per heavy atom. The molecule has 1 aliphatic rings. The van der Waals surface area contributed by atoms with Gasteiger partial charge in [0.15, 0.2) is 5.69 Å². The molecule has 0 radical (unpaired) electrons. The topological polar surface area (TPSA) is 15.9 Å². The second-order valence-electron chi connectivity index (χ2n) is 6.52. The van der Waals surface area contributed by atoms with Crippen molar-refractivity contribution in [2.45, 2.75) is 6.92 Å². The lowest BCUT2D eigenvalue weighted by Crippen LogP contribution is -2.48. The van der Waals surface area contributed by atoms with E-state index in [1.165, 1.54) is 22.5 Å². The van der Waals surface area contributed by atoms with E-state index < -0.39 is 0 Å². The van der Waals surface area contributed by atoms with Gasteiger partial charge in [-0.25, -0.2) is 4.48 Å². The lowest BCUT2D eigenvalue weighted by Gasteiger charge is -2.35. The predicted octanol–water partition coefficient (Wildman–Crippen LogP) is 4.39. The van der Waals surface area contributed by atoms with E-state index in [-0.39, 0.29) is 0 Å². The summed E-state index contributed by atoms with van der Waals surface area (Å²) in [7, 11) is 2.27. The predicted molar refractivity (Wildman–Crippen MR) is 99.2 cm³/mol. The third-order valence-corrected chi connectivity index (χ3v) is 4.71. The van der Waals surface area contributed by atoms with Crippen LogP contribution >= 0.6 is 0 Å². The van der Waals surface area contributed by atoms with Gasteiger partial charge < -0.3 is 0 Å². The molecule has 24 heavy (non-hydrogen) atoms. The van der Waals surface area contributed by atoms with Crippen LogP contribution in [0.4, 0.5) is 17.2 Å². The summed E-state index contributed by atoms with van der Waals surface area (Å²) >= 11 is 0. The zero-order chi connectivity index (χ0) is 16.6. The molecule has 2 aromatic carbocycles. The number of para-hydroxylation sites is 1. The summed E-state index contributed by atoms with van der Waals surface area (Å²) in [5, 5.41) is 0. The molecule has 118 valence electrons. The summed E-state index contributed by atoms with van der Waals surface area (Å²) in [6.45, 7) is 2.96. The molecule has 3 nitrogen and oxygen atoms in total. The molecule has 3 aromatic rings. The van der Waals surface area contributed by atoms with Crippen molar-refractivity contribution in [1.82, 2.24) is 9.47 Å². The SMILES string of the molecule is Cc1ccc2c(c1)C=[N+](c1ccccn1)C[N+]2(C)c1ccccc1. The highest BCUT2D eigenvalue weighted by atomic mass is 15.4. The van der Waals surface area contributed by atoms with Gasteiger partial charge in [0, 0.05) is 12.1 Å². The highest BCUT2D eigenvalue weighted by molar-refractivity contribution is 5.87. The minimum Gasteiger partial charge on any atom is -0.225 e. The number of rotatable bonds is 2. The van der Waals surface area contributed by atoms with Crippen LogP contribution in [0, 0.1) is 6.92 Å². The van der Waals surface area contributed by atoms with Gasteiger partial charge in [0.05, 0.1) is 12.6 Å². The van der Waals surface area contributed by atoms with Gasteiger partial charge in [0.1, 0.15) is 18.1 Å². The maximum atomic E-state index is 4.54. The molecule has 0 N–H and O–H groups in total. The first kappa shape index (κ1) is 14.8. The van der Waals surface area contributed by atoms with Gasteiger partial charge in [0.2, 0.25) is 6.67 Å². The fraction of sp³-hybridized carbons (Fsp3) is 0.143. The molecule has 1 aliphatic heterocycles. The first-order chi connectivity index (χ1) is 11.7. The van der Waals surface area contributed by atoms with Crippen molar-refractivity contribution in [3.63, 3.8) is 0 Å². The van der Waals surface area contributed by atoms with Crippen LogP contribution < -0.4 is 4.48 Å². The van der Waals surface area contributed by atoms with E-state index in [1.807, 2.05) is 18.3 Å². The van der Waals surface area contributed by atoms with Crippen LogP contribution in [0.1, 0.15) is 11.1 Å². The number of hydrogen-bond acceptors (Lipinski definition) is 1. The summed E-state index contributed by atoms with van der Waals surface area (Å²) in [5.74, 6) is 0.977.